The topological polar surface area (TPSA) is 123 Å². The van der Waals surface area contributed by atoms with Crippen LogP contribution in [0.5, 0.6) is 0 Å². The number of benzene rings is 1. The van der Waals surface area contributed by atoms with E-state index in [4.69, 9.17) is 0 Å². The number of fused-ring (bicyclic) bond motifs is 1. The van der Waals surface area contributed by atoms with E-state index in [0.29, 0.717) is 25.2 Å². The third-order valence-corrected chi connectivity index (χ3v) is 6.14. The number of H-pyrrole nitrogens is 1. The molecule has 2 amide bonds. The molecule has 1 aromatic heterocycles. The first-order valence-corrected chi connectivity index (χ1v) is 11.5. The van der Waals surface area contributed by atoms with Crippen molar-refractivity contribution >= 4 is 28.7 Å². The van der Waals surface area contributed by atoms with Crippen molar-refractivity contribution in [3.63, 3.8) is 0 Å². The molecule has 2 heterocycles. The van der Waals surface area contributed by atoms with Crippen molar-refractivity contribution in [2.24, 2.45) is 5.92 Å². The van der Waals surface area contributed by atoms with Crippen LogP contribution >= 0.6 is 0 Å². The third-order valence-electron chi connectivity index (χ3n) is 6.14. The fourth-order valence-corrected chi connectivity index (χ4v) is 4.37. The zero-order chi connectivity index (χ0) is 22.8. The Morgan fingerprint density at radius 3 is 2.69 bits per heavy atom. The molecule has 2 aromatic rings. The Bertz CT molecular complexity index is 904. The predicted octanol–water partition coefficient (Wildman–Crippen LogP) is 2.35. The smallest absolute Gasteiger partial charge is 0.305 e. The number of para-hydroxylation sites is 1. The lowest BCUT2D eigenvalue weighted by Crippen LogP contribution is -2.43. The van der Waals surface area contributed by atoms with E-state index < -0.39 is 12.0 Å². The first-order chi connectivity index (χ1) is 15.5. The van der Waals surface area contributed by atoms with E-state index in [1.165, 1.54) is 0 Å². The van der Waals surface area contributed by atoms with Crippen LogP contribution < -0.4 is 16.0 Å². The van der Waals surface area contributed by atoms with Gasteiger partial charge in [-0.1, -0.05) is 18.2 Å². The summed E-state index contributed by atoms with van der Waals surface area (Å²) in [7, 11) is 0. The number of nitrogens with one attached hydrogen (secondary N) is 4. The van der Waals surface area contributed by atoms with E-state index in [9.17, 15) is 19.5 Å². The highest BCUT2D eigenvalue weighted by Gasteiger charge is 2.18. The largest absolute Gasteiger partial charge is 0.481 e. The average Bonchev–Trinajstić information content (AvgIpc) is 3.19. The van der Waals surface area contributed by atoms with Gasteiger partial charge in [-0.15, -0.1) is 0 Å². The molecule has 0 radical (unpaired) electrons. The Kier molecular flexibility index (Phi) is 9.10. The quantitative estimate of drug-likeness (QED) is 0.345. The minimum absolute atomic E-state index is 0.130. The molecule has 1 aliphatic heterocycles. The summed E-state index contributed by atoms with van der Waals surface area (Å²) in [4.78, 5) is 38.8. The third kappa shape index (κ3) is 7.67. The molecule has 0 saturated carbocycles. The molecule has 3 rings (SSSR count). The van der Waals surface area contributed by atoms with Gasteiger partial charge in [-0.25, -0.2) is 0 Å². The van der Waals surface area contributed by atoms with Gasteiger partial charge in [0.2, 0.25) is 11.8 Å². The van der Waals surface area contributed by atoms with Crippen molar-refractivity contribution in [2.45, 2.75) is 57.4 Å². The van der Waals surface area contributed by atoms with Crippen molar-refractivity contribution in [1.82, 2.24) is 20.9 Å². The molecule has 0 aliphatic carbocycles. The van der Waals surface area contributed by atoms with Gasteiger partial charge in [0.15, 0.2) is 0 Å². The number of aromatic nitrogens is 1. The zero-order valence-electron chi connectivity index (χ0n) is 18.5. The van der Waals surface area contributed by atoms with Crippen molar-refractivity contribution < 1.29 is 19.5 Å². The molecule has 1 aliphatic rings. The van der Waals surface area contributed by atoms with E-state index in [1.54, 1.807) is 0 Å². The van der Waals surface area contributed by atoms with Gasteiger partial charge >= 0.3 is 5.97 Å². The molecule has 0 unspecified atom stereocenters. The number of aromatic amines is 1. The zero-order valence-corrected chi connectivity index (χ0v) is 18.5. The maximum Gasteiger partial charge on any atom is 0.305 e. The Hall–Kier alpha value is -2.87. The molecule has 1 saturated heterocycles. The molecule has 5 N–H and O–H groups in total. The van der Waals surface area contributed by atoms with Crippen LogP contribution in [0.15, 0.2) is 30.5 Å². The highest BCUT2D eigenvalue weighted by atomic mass is 16.4. The highest BCUT2D eigenvalue weighted by molar-refractivity contribution is 5.85. The summed E-state index contributed by atoms with van der Waals surface area (Å²) in [5, 5.41) is 19.1. The molecule has 0 bridgehead atoms. The van der Waals surface area contributed by atoms with Gasteiger partial charge in [-0.2, -0.15) is 0 Å². The van der Waals surface area contributed by atoms with Gasteiger partial charge in [0, 0.05) is 29.6 Å². The van der Waals surface area contributed by atoms with Crippen LogP contribution in [-0.4, -0.2) is 53.6 Å². The van der Waals surface area contributed by atoms with E-state index in [1.807, 2.05) is 30.5 Å². The van der Waals surface area contributed by atoms with E-state index in [-0.39, 0.29) is 24.8 Å². The van der Waals surface area contributed by atoms with Gasteiger partial charge in [0.1, 0.15) is 0 Å². The molecule has 1 fully saturated rings. The second-order valence-corrected chi connectivity index (χ2v) is 8.62. The van der Waals surface area contributed by atoms with Crippen molar-refractivity contribution in [3.05, 3.63) is 36.0 Å². The fourth-order valence-electron chi connectivity index (χ4n) is 4.37. The first-order valence-electron chi connectivity index (χ1n) is 11.5. The monoisotopic (exact) mass is 442 g/mol. The molecule has 174 valence electrons. The number of carboxylic acid groups (broad SMARTS) is 1. The molecule has 8 nitrogen and oxygen atoms in total. The Balaban J connectivity index is 1.39. The Morgan fingerprint density at radius 1 is 1.12 bits per heavy atom. The lowest BCUT2D eigenvalue weighted by molar-refractivity contribution is -0.138. The summed E-state index contributed by atoms with van der Waals surface area (Å²) < 4.78 is 0. The molecular formula is C24H34N4O4. The Morgan fingerprint density at radius 2 is 1.91 bits per heavy atom. The second kappa shape index (κ2) is 12.2. The number of carboxylic acids is 1. The number of carbonyl (C=O) groups is 3. The molecule has 0 spiro atoms. The number of amides is 2. The van der Waals surface area contributed by atoms with E-state index >= 15 is 0 Å². The summed E-state index contributed by atoms with van der Waals surface area (Å²) in [6.45, 7) is 1.97. The number of aliphatic carboxylic acids is 1. The maximum atomic E-state index is 12.3. The second-order valence-electron chi connectivity index (χ2n) is 8.62. The number of hydrogen-bond donors (Lipinski definition) is 5. The molecule has 1 atom stereocenters. The lowest BCUT2D eigenvalue weighted by Gasteiger charge is -2.22. The normalized spacial score (nSPS) is 15.4. The predicted molar refractivity (Wildman–Crippen MR) is 123 cm³/mol. The standard InChI is InChI=1S/C24H34N4O4/c29-22(7-3-4-17-10-12-25-13-11-17)27-16-23(30)28-19(14-24(31)32)9-8-18-15-26-21-6-2-1-5-20(18)21/h1-2,5-6,15,17,19,25-26H,3-4,7-14,16H2,(H,27,29)(H,28,30)(H,31,32)/t19-/m1/s1. The summed E-state index contributed by atoms with van der Waals surface area (Å²) >= 11 is 0. The van der Waals surface area contributed by atoms with Crippen LogP contribution in [0.25, 0.3) is 10.9 Å². The number of carbonyl (C=O) groups excluding carboxylic acids is 2. The van der Waals surface area contributed by atoms with Gasteiger partial charge in [-0.05, 0) is 69.2 Å². The maximum absolute atomic E-state index is 12.3. The fraction of sp³-hybridized carbons (Fsp3) is 0.542. The summed E-state index contributed by atoms with van der Waals surface area (Å²) in [6, 6.07) is 7.44. The summed E-state index contributed by atoms with van der Waals surface area (Å²) in [5.41, 5.74) is 2.12. The van der Waals surface area contributed by atoms with Crippen LogP contribution in [-0.2, 0) is 20.8 Å². The first kappa shape index (κ1) is 23.8. The Labute approximate surface area is 188 Å². The minimum atomic E-state index is -0.962. The number of piperidine rings is 1. The number of aryl methyl sites for hydroxylation is 1. The lowest BCUT2D eigenvalue weighted by atomic mass is 9.92. The average molecular weight is 443 g/mol. The van der Waals surface area contributed by atoms with E-state index in [0.717, 1.165) is 55.2 Å². The van der Waals surface area contributed by atoms with Crippen LogP contribution in [0, 0.1) is 5.92 Å². The van der Waals surface area contributed by atoms with Crippen LogP contribution in [0.1, 0.15) is 50.5 Å². The van der Waals surface area contributed by atoms with Crippen molar-refractivity contribution in [3.8, 4) is 0 Å². The molecule has 32 heavy (non-hydrogen) atoms. The SMILES string of the molecule is O=C(O)C[C@@H](CCc1c[nH]c2ccccc12)NC(=O)CNC(=O)CCCC1CCNCC1. The van der Waals surface area contributed by atoms with Gasteiger partial charge in [-0.3, -0.25) is 14.4 Å². The van der Waals surface area contributed by atoms with Crippen LogP contribution in [0.2, 0.25) is 0 Å². The van der Waals surface area contributed by atoms with Crippen molar-refractivity contribution in [1.29, 1.82) is 0 Å². The van der Waals surface area contributed by atoms with Gasteiger partial charge in [0.05, 0.1) is 13.0 Å². The molecule has 8 heteroatoms. The van der Waals surface area contributed by atoms with Crippen LogP contribution in [0.4, 0.5) is 0 Å². The van der Waals surface area contributed by atoms with Crippen molar-refractivity contribution in [2.75, 3.05) is 19.6 Å². The van der Waals surface area contributed by atoms with Gasteiger partial charge < -0.3 is 26.0 Å². The summed E-state index contributed by atoms with van der Waals surface area (Å²) in [5.74, 6) is -0.776. The molecule has 1 aromatic carbocycles. The van der Waals surface area contributed by atoms with E-state index in [2.05, 4.69) is 20.9 Å². The molecular weight excluding hydrogens is 408 g/mol. The minimum Gasteiger partial charge on any atom is -0.481 e. The summed E-state index contributed by atoms with van der Waals surface area (Å²) in [6.07, 6.45) is 7.51. The highest BCUT2D eigenvalue weighted by Crippen LogP contribution is 2.20. The van der Waals surface area contributed by atoms with Crippen LogP contribution in [0.3, 0.4) is 0 Å². The number of rotatable bonds is 12. The number of hydrogen-bond acceptors (Lipinski definition) is 4. The van der Waals surface area contributed by atoms with Gasteiger partial charge in [0.25, 0.3) is 0 Å².